The Labute approximate surface area is 121 Å². The SMILES string of the molecule is CC(C)(C)SCC(=O)Nc1cccc(Cl)c1C(=O)O. The van der Waals surface area contributed by atoms with Crippen LogP contribution in [0, 0.1) is 0 Å². The monoisotopic (exact) mass is 301 g/mol. The van der Waals surface area contributed by atoms with Crippen LogP contribution in [0.4, 0.5) is 5.69 Å². The van der Waals surface area contributed by atoms with Gasteiger partial charge in [-0.05, 0) is 12.1 Å². The largest absolute Gasteiger partial charge is 0.478 e. The Bertz CT molecular complexity index is 497. The van der Waals surface area contributed by atoms with E-state index < -0.39 is 5.97 Å². The molecule has 1 aromatic carbocycles. The third-order valence-electron chi connectivity index (χ3n) is 2.14. The molecule has 0 fully saturated rings. The number of amides is 1. The van der Waals surface area contributed by atoms with E-state index in [9.17, 15) is 9.59 Å². The van der Waals surface area contributed by atoms with Crippen molar-refractivity contribution < 1.29 is 14.7 Å². The van der Waals surface area contributed by atoms with E-state index >= 15 is 0 Å². The topological polar surface area (TPSA) is 66.4 Å². The zero-order valence-corrected chi connectivity index (χ0v) is 12.6. The van der Waals surface area contributed by atoms with Gasteiger partial charge in [0.15, 0.2) is 0 Å². The van der Waals surface area contributed by atoms with E-state index in [1.807, 2.05) is 20.8 Å². The zero-order chi connectivity index (χ0) is 14.6. The highest BCUT2D eigenvalue weighted by Crippen LogP contribution is 2.26. The van der Waals surface area contributed by atoms with Crippen LogP contribution >= 0.6 is 23.4 Å². The van der Waals surface area contributed by atoms with Crippen molar-refractivity contribution in [3.63, 3.8) is 0 Å². The minimum atomic E-state index is -1.16. The molecule has 0 bridgehead atoms. The lowest BCUT2D eigenvalue weighted by Crippen LogP contribution is -2.20. The van der Waals surface area contributed by atoms with E-state index in [4.69, 9.17) is 16.7 Å². The van der Waals surface area contributed by atoms with E-state index in [1.54, 1.807) is 6.07 Å². The molecule has 1 aromatic rings. The van der Waals surface area contributed by atoms with Gasteiger partial charge in [-0.15, -0.1) is 11.8 Å². The first-order valence-corrected chi connectivity index (χ1v) is 7.02. The molecule has 1 rings (SSSR count). The van der Waals surface area contributed by atoms with Gasteiger partial charge >= 0.3 is 5.97 Å². The summed E-state index contributed by atoms with van der Waals surface area (Å²) >= 11 is 7.31. The average molecular weight is 302 g/mol. The van der Waals surface area contributed by atoms with Crippen LogP contribution in [0.15, 0.2) is 18.2 Å². The Morgan fingerprint density at radius 2 is 2.00 bits per heavy atom. The molecule has 0 aromatic heterocycles. The first-order valence-electron chi connectivity index (χ1n) is 5.66. The van der Waals surface area contributed by atoms with Gasteiger partial charge in [0.2, 0.25) is 5.91 Å². The Morgan fingerprint density at radius 1 is 1.37 bits per heavy atom. The van der Waals surface area contributed by atoms with Crippen molar-refractivity contribution in [3.8, 4) is 0 Å². The molecular weight excluding hydrogens is 286 g/mol. The molecule has 1 amide bonds. The van der Waals surface area contributed by atoms with Gasteiger partial charge in [-0.2, -0.15) is 0 Å². The van der Waals surface area contributed by atoms with Gasteiger partial charge in [0.25, 0.3) is 0 Å². The first-order chi connectivity index (χ1) is 8.70. The number of nitrogens with one attached hydrogen (secondary N) is 1. The molecular formula is C13H16ClNO3S. The fraction of sp³-hybridized carbons (Fsp3) is 0.385. The summed E-state index contributed by atoms with van der Waals surface area (Å²) in [5, 5.41) is 11.8. The molecule has 0 aliphatic rings. The second-order valence-electron chi connectivity index (χ2n) is 4.92. The fourth-order valence-electron chi connectivity index (χ4n) is 1.31. The summed E-state index contributed by atoms with van der Waals surface area (Å²) in [4.78, 5) is 22.9. The molecule has 0 saturated carbocycles. The van der Waals surface area contributed by atoms with Crippen LogP contribution in [0.5, 0.6) is 0 Å². The Morgan fingerprint density at radius 3 is 2.53 bits per heavy atom. The number of thioether (sulfide) groups is 1. The summed E-state index contributed by atoms with van der Waals surface area (Å²) in [5.74, 6) is -1.15. The summed E-state index contributed by atoms with van der Waals surface area (Å²) in [6.07, 6.45) is 0. The Hall–Kier alpha value is -1.20. The Kier molecular flexibility index (Phi) is 5.26. The molecule has 2 N–H and O–H groups in total. The highest BCUT2D eigenvalue weighted by molar-refractivity contribution is 8.01. The predicted molar refractivity (Wildman–Crippen MR) is 79.3 cm³/mol. The maximum atomic E-state index is 11.8. The van der Waals surface area contributed by atoms with Gasteiger partial charge < -0.3 is 10.4 Å². The van der Waals surface area contributed by atoms with Crippen LogP contribution in [-0.4, -0.2) is 27.5 Å². The third kappa shape index (κ3) is 5.12. The summed E-state index contributed by atoms with van der Waals surface area (Å²) in [6.45, 7) is 6.02. The number of halogens is 1. The quantitative estimate of drug-likeness (QED) is 0.893. The van der Waals surface area contributed by atoms with Crippen molar-refractivity contribution in [2.75, 3.05) is 11.1 Å². The van der Waals surface area contributed by atoms with Crippen molar-refractivity contribution in [1.82, 2.24) is 0 Å². The molecule has 19 heavy (non-hydrogen) atoms. The minimum absolute atomic E-state index is 0.0265. The van der Waals surface area contributed by atoms with Crippen molar-refractivity contribution in [3.05, 3.63) is 28.8 Å². The van der Waals surface area contributed by atoms with Gasteiger partial charge in [0.05, 0.1) is 16.5 Å². The number of benzene rings is 1. The van der Waals surface area contributed by atoms with Crippen LogP contribution in [0.2, 0.25) is 5.02 Å². The van der Waals surface area contributed by atoms with Gasteiger partial charge in [0.1, 0.15) is 5.56 Å². The second kappa shape index (κ2) is 6.30. The number of carbonyl (C=O) groups is 2. The summed E-state index contributed by atoms with van der Waals surface area (Å²) in [7, 11) is 0. The van der Waals surface area contributed by atoms with Gasteiger partial charge in [0, 0.05) is 4.75 Å². The van der Waals surface area contributed by atoms with E-state index in [0.29, 0.717) is 0 Å². The molecule has 104 valence electrons. The first kappa shape index (κ1) is 15.9. The predicted octanol–water partition coefficient (Wildman–Crippen LogP) is 3.51. The number of hydrogen-bond acceptors (Lipinski definition) is 3. The molecule has 0 saturated heterocycles. The maximum Gasteiger partial charge on any atom is 0.339 e. The van der Waals surface area contributed by atoms with Crippen molar-refractivity contribution in [1.29, 1.82) is 0 Å². The standard InChI is InChI=1S/C13H16ClNO3S/c1-13(2,3)19-7-10(16)15-9-6-4-5-8(14)11(9)12(17)18/h4-6H,7H2,1-3H3,(H,15,16)(H,17,18). The van der Waals surface area contributed by atoms with E-state index in [-0.39, 0.29) is 32.7 Å². The molecule has 0 unspecified atom stereocenters. The van der Waals surface area contributed by atoms with E-state index in [0.717, 1.165) is 0 Å². The lowest BCUT2D eigenvalue weighted by Gasteiger charge is -2.17. The third-order valence-corrected chi connectivity index (χ3v) is 3.73. The average Bonchev–Trinajstić information content (AvgIpc) is 2.25. The van der Waals surface area contributed by atoms with Crippen LogP contribution < -0.4 is 5.32 Å². The molecule has 0 aliphatic carbocycles. The molecule has 0 heterocycles. The summed E-state index contributed by atoms with van der Waals surface area (Å²) < 4.78 is -0.0265. The van der Waals surface area contributed by atoms with E-state index in [1.165, 1.54) is 23.9 Å². The number of carboxylic acid groups (broad SMARTS) is 1. The van der Waals surface area contributed by atoms with Crippen LogP contribution in [0.25, 0.3) is 0 Å². The van der Waals surface area contributed by atoms with Gasteiger partial charge in [-0.25, -0.2) is 4.79 Å². The number of aromatic carboxylic acids is 1. The highest BCUT2D eigenvalue weighted by Gasteiger charge is 2.18. The molecule has 0 spiro atoms. The van der Waals surface area contributed by atoms with Crippen LogP contribution in [0.1, 0.15) is 31.1 Å². The van der Waals surface area contributed by atoms with E-state index in [2.05, 4.69) is 5.32 Å². The molecule has 0 atom stereocenters. The van der Waals surface area contributed by atoms with Crippen molar-refractivity contribution >= 4 is 40.9 Å². The Balaban J connectivity index is 2.80. The zero-order valence-electron chi connectivity index (χ0n) is 11.0. The second-order valence-corrected chi connectivity index (χ2v) is 7.13. The van der Waals surface area contributed by atoms with Crippen molar-refractivity contribution in [2.24, 2.45) is 0 Å². The molecule has 0 radical (unpaired) electrons. The fourth-order valence-corrected chi connectivity index (χ4v) is 2.21. The number of anilines is 1. The number of carboxylic acids is 1. The highest BCUT2D eigenvalue weighted by atomic mass is 35.5. The lowest BCUT2D eigenvalue weighted by atomic mass is 10.2. The van der Waals surface area contributed by atoms with Gasteiger partial charge in [-0.3, -0.25) is 4.79 Å². The maximum absolute atomic E-state index is 11.8. The smallest absolute Gasteiger partial charge is 0.339 e. The minimum Gasteiger partial charge on any atom is -0.478 e. The molecule has 4 nitrogen and oxygen atoms in total. The number of hydrogen-bond donors (Lipinski definition) is 2. The molecule has 6 heteroatoms. The number of rotatable bonds is 4. The van der Waals surface area contributed by atoms with Crippen LogP contribution in [-0.2, 0) is 4.79 Å². The van der Waals surface area contributed by atoms with Gasteiger partial charge in [-0.1, -0.05) is 38.4 Å². The summed E-state index contributed by atoms with van der Waals surface area (Å²) in [6, 6.07) is 4.60. The number of carbonyl (C=O) groups excluding carboxylic acids is 1. The normalized spacial score (nSPS) is 11.2. The lowest BCUT2D eigenvalue weighted by molar-refractivity contribution is -0.113. The van der Waals surface area contributed by atoms with Crippen molar-refractivity contribution in [2.45, 2.75) is 25.5 Å². The van der Waals surface area contributed by atoms with Crippen LogP contribution in [0.3, 0.4) is 0 Å². The summed E-state index contributed by atoms with van der Waals surface area (Å²) in [5.41, 5.74) is 0.137. The molecule has 0 aliphatic heterocycles.